The van der Waals surface area contributed by atoms with Crippen molar-refractivity contribution in [1.82, 2.24) is 10.2 Å². The molecule has 0 bridgehead atoms. The van der Waals surface area contributed by atoms with Gasteiger partial charge in [-0.3, -0.25) is 9.69 Å². The second kappa shape index (κ2) is 9.85. The Morgan fingerprint density at radius 3 is 2.44 bits per heavy atom. The van der Waals surface area contributed by atoms with Crippen molar-refractivity contribution in [1.29, 1.82) is 0 Å². The fraction of sp³-hybridized carbons (Fsp3) is 0.667. The van der Waals surface area contributed by atoms with Gasteiger partial charge in [-0.2, -0.15) is 0 Å². The van der Waals surface area contributed by atoms with Crippen molar-refractivity contribution in [2.75, 3.05) is 26.7 Å². The highest BCUT2D eigenvalue weighted by molar-refractivity contribution is 6.31. The number of nitrogens with one attached hydrogen (secondary N) is 1. The summed E-state index contributed by atoms with van der Waals surface area (Å²) < 4.78 is 14.6. The molecule has 1 aliphatic carbocycles. The minimum absolute atomic E-state index is 0.0458. The number of nitrogens with zero attached hydrogens (tertiary/aromatic N) is 1. The van der Waals surface area contributed by atoms with E-state index in [-0.39, 0.29) is 12.8 Å². The van der Waals surface area contributed by atoms with Crippen LogP contribution in [0.5, 0.6) is 0 Å². The summed E-state index contributed by atoms with van der Waals surface area (Å²) in [6.45, 7) is 8.49. The number of alkyl halides is 1. The Kier molecular flexibility index (Phi) is 8.07. The number of rotatable bonds is 6. The van der Waals surface area contributed by atoms with Gasteiger partial charge in [0.2, 0.25) is 0 Å². The summed E-state index contributed by atoms with van der Waals surface area (Å²) in [5.74, 6) is -0.701. The normalized spacial score (nSPS) is 25.0. The van der Waals surface area contributed by atoms with Crippen LogP contribution in [0.2, 0.25) is 5.02 Å². The van der Waals surface area contributed by atoms with E-state index < -0.39 is 17.6 Å². The third-order valence-electron chi connectivity index (χ3n) is 5.26. The van der Waals surface area contributed by atoms with E-state index in [1.165, 1.54) is 12.8 Å². The summed E-state index contributed by atoms with van der Waals surface area (Å²) in [5, 5.41) is 12.5. The topological polar surface area (TPSA) is 52.6 Å². The van der Waals surface area contributed by atoms with Gasteiger partial charge in [-0.15, -0.1) is 0 Å². The number of carbonyl (C=O) groups is 1. The van der Waals surface area contributed by atoms with E-state index >= 15 is 0 Å². The lowest BCUT2D eigenvalue weighted by atomic mass is 9.69. The fourth-order valence-corrected chi connectivity index (χ4v) is 3.92. The molecule has 1 heterocycles. The van der Waals surface area contributed by atoms with Crippen LogP contribution in [0.4, 0.5) is 4.39 Å². The molecule has 0 atom stereocenters. The van der Waals surface area contributed by atoms with E-state index in [1.54, 1.807) is 12.1 Å². The molecular weight excluding hydrogens is 367 g/mol. The molecule has 0 spiro atoms. The predicted molar refractivity (Wildman–Crippen MR) is 108 cm³/mol. The van der Waals surface area contributed by atoms with Crippen LogP contribution in [0.1, 0.15) is 50.7 Å². The van der Waals surface area contributed by atoms with Crippen molar-refractivity contribution in [3.8, 4) is 0 Å². The highest BCUT2D eigenvalue weighted by Gasteiger charge is 2.49. The highest BCUT2D eigenvalue weighted by Crippen LogP contribution is 2.49. The highest BCUT2D eigenvalue weighted by atomic mass is 35.5. The lowest BCUT2D eigenvalue weighted by molar-refractivity contribution is -0.152. The van der Waals surface area contributed by atoms with Crippen molar-refractivity contribution in [3.05, 3.63) is 34.3 Å². The Hall–Kier alpha value is -1.17. The molecule has 1 saturated carbocycles. The van der Waals surface area contributed by atoms with E-state index in [4.69, 9.17) is 16.7 Å². The number of benzene rings is 1. The van der Waals surface area contributed by atoms with Gasteiger partial charge < -0.3 is 10.4 Å². The van der Waals surface area contributed by atoms with Crippen LogP contribution in [-0.2, 0) is 17.0 Å². The predicted octanol–water partition coefficient (Wildman–Crippen LogP) is 4.46. The maximum atomic E-state index is 14.6. The van der Waals surface area contributed by atoms with Crippen LogP contribution in [0.15, 0.2) is 18.2 Å². The summed E-state index contributed by atoms with van der Waals surface area (Å²) in [5.41, 5.74) is -0.00557. The summed E-state index contributed by atoms with van der Waals surface area (Å²) in [6, 6.07) is 5.31. The molecule has 1 saturated heterocycles. The Bertz CT molecular complexity index is 627. The van der Waals surface area contributed by atoms with Gasteiger partial charge in [-0.25, -0.2) is 4.39 Å². The lowest BCUT2D eigenvalue weighted by Crippen LogP contribution is -2.41. The molecule has 6 heteroatoms. The van der Waals surface area contributed by atoms with Crippen molar-refractivity contribution in [2.45, 2.75) is 51.7 Å². The molecule has 0 amide bonds. The summed E-state index contributed by atoms with van der Waals surface area (Å²) in [7, 11) is 1.97. The summed E-state index contributed by atoms with van der Waals surface area (Å²) in [6.07, 6.45) is 2.54. The molecule has 3 rings (SSSR count). The van der Waals surface area contributed by atoms with E-state index in [9.17, 15) is 9.18 Å². The fourth-order valence-electron chi connectivity index (χ4n) is 3.68. The number of likely N-dealkylation sites (tertiary alicyclic amines) is 1. The van der Waals surface area contributed by atoms with Gasteiger partial charge in [0, 0.05) is 11.6 Å². The summed E-state index contributed by atoms with van der Waals surface area (Å²) >= 11 is 6.28. The average molecular weight is 399 g/mol. The van der Waals surface area contributed by atoms with Crippen molar-refractivity contribution in [3.63, 3.8) is 0 Å². The number of hydrogen-bond acceptors (Lipinski definition) is 3. The van der Waals surface area contributed by atoms with Crippen molar-refractivity contribution in [2.24, 2.45) is 11.8 Å². The van der Waals surface area contributed by atoms with Gasteiger partial charge >= 0.3 is 5.97 Å². The van der Waals surface area contributed by atoms with E-state index in [0.717, 1.165) is 37.7 Å². The molecule has 0 aromatic heterocycles. The van der Waals surface area contributed by atoms with Gasteiger partial charge in [-0.05, 0) is 75.5 Å². The summed E-state index contributed by atoms with van der Waals surface area (Å²) in [4.78, 5) is 13.2. The van der Waals surface area contributed by atoms with E-state index in [2.05, 4.69) is 24.1 Å². The number of halogens is 2. The molecule has 0 radical (unpaired) electrons. The van der Waals surface area contributed by atoms with Crippen LogP contribution < -0.4 is 5.32 Å². The Balaban J connectivity index is 0.000000380. The minimum atomic E-state index is -1.53. The Morgan fingerprint density at radius 1 is 1.37 bits per heavy atom. The van der Waals surface area contributed by atoms with Gasteiger partial charge in [0.1, 0.15) is 5.67 Å². The van der Waals surface area contributed by atoms with Gasteiger partial charge in [-0.1, -0.05) is 37.6 Å². The Morgan fingerprint density at radius 2 is 2.00 bits per heavy atom. The monoisotopic (exact) mass is 398 g/mol. The van der Waals surface area contributed by atoms with Crippen LogP contribution in [-0.4, -0.2) is 42.7 Å². The molecule has 2 N–H and O–H groups in total. The molecule has 1 aromatic carbocycles. The minimum Gasteiger partial charge on any atom is -0.481 e. The molecule has 1 aliphatic heterocycles. The second-order valence-electron chi connectivity index (χ2n) is 8.15. The molecular formula is C21H32ClFN2O2. The maximum Gasteiger partial charge on any atom is 0.306 e. The quantitative estimate of drug-likeness (QED) is 0.742. The second-order valence-corrected chi connectivity index (χ2v) is 8.56. The zero-order valence-corrected chi connectivity index (χ0v) is 17.4. The number of aliphatic carboxylic acids is 1. The van der Waals surface area contributed by atoms with Gasteiger partial charge in [0.15, 0.2) is 0 Å². The van der Waals surface area contributed by atoms with Gasteiger partial charge in [0.05, 0.1) is 5.92 Å². The lowest BCUT2D eigenvalue weighted by Gasteiger charge is -2.39. The first kappa shape index (κ1) is 22.1. The van der Waals surface area contributed by atoms with Crippen molar-refractivity contribution < 1.29 is 14.3 Å². The van der Waals surface area contributed by atoms with Gasteiger partial charge in [0.25, 0.3) is 0 Å². The van der Waals surface area contributed by atoms with Crippen LogP contribution in [0.25, 0.3) is 0 Å². The average Bonchev–Trinajstić information content (AvgIpc) is 3.07. The van der Waals surface area contributed by atoms with E-state index in [0.29, 0.717) is 10.6 Å². The molecule has 0 unspecified atom stereocenters. The molecule has 27 heavy (non-hydrogen) atoms. The Labute approximate surface area is 167 Å². The van der Waals surface area contributed by atoms with Crippen LogP contribution in [0, 0.1) is 11.8 Å². The van der Waals surface area contributed by atoms with Crippen LogP contribution >= 0.6 is 11.6 Å². The standard InChI is InChI=1S/C16H19ClFNO2.C5H13N/c17-14-7-13(16(18)8-12(9-16)15(20)21)4-3-11(14)10-19-5-1-2-6-19;1-5(2)4-6-3/h3-4,7,12H,1-2,5-6,8-10H2,(H,20,21);5-6H,4H2,1-3H3. The zero-order chi connectivity index (χ0) is 20.0. The van der Waals surface area contributed by atoms with Crippen LogP contribution in [0.3, 0.4) is 0 Å². The largest absolute Gasteiger partial charge is 0.481 e. The molecule has 2 aliphatic rings. The molecule has 1 aromatic rings. The first-order valence-corrected chi connectivity index (χ1v) is 10.2. The third kappa shape index (κ3) is 6.16. The third-order valence-corrected chi connectivity index (χ3v) is 5.62. The number of carboxylic acids is 1. The zero-order valence-electron chi connectivity index (χ0n) is 16.6. The first-order chi connectivity index (χ1) is 12.7. The smallest absolute Gasteiger partial charge is 0.306 e. The molecule has 152 valence electrons. The SMILES string of the molecule is CNCC(C)C.O=C(O)C1CC(F)(c2ccc(CN3CCCC3)c(Cl)c2)C1. The maximum absolute atomic E-state index is 14.6. The van der Waals surface area contributed by atoms with E-state index in [1.807, 2.05) is 13.1 Å². The number of hydrogen-bond donors (Lipinski definition) is 2. The molecule has 4 nitrogen and oxygen atoms in total. The number of carboxylic acid groups (broad SMARTS) is 1. The molecule has 2 fully saturated rings. The first-order valence-electron chi connectivity index (χ1n) is 9.82. The van der Waals surface area contributed by atoms with Crippen molar-refractivity contribution >= 4 is 17.6 Å².